The first-order chi connectivity index (χ1) is 16.7. The van der Waals surface area contributed by atoms with Gasteiger partial charge in [-0.05, 0) is 56.9 Å². The average Bonchev–Trinajstić information content (AvgIpc) is 2.73. The summed E-state index contributed by atoms with van der Waals surface area (Å²) in [7, 11) is -8.51. The summed E-state index contributed by atoms with van der Waals surface area (Å²) in [4.78, 5) is 14.6. The molecule has 3 rings (SSSR count). The van der Waals surface area contributed by atoms with Crippen molar-refractivity contribution < 1.29 is 48.0 Å². The number of rotatable bonds is 6. The number of carbonyl (C=O) groups is 1. The van der Waals surface area contributed by atoms with Crippen molar-refractivity contribution >= 4 is 25.6 Å². The lowest BCUT2D eigenvalue weighted by atomic mass is 9.73. The quantitative estimate of drug-likeness (QED) is 0.518. The Bertz CT molecular complexity index is 1430. The SMILES string of the molecule is CC(C)([C@H]1C[C@@H](NC(=O)c2ncc(C(F)(F)F)cc2S(C)(=O)=O)C1)S(=O)(=O)c1cccc(C(F)(F)F)c1. The summed E-state index contributed by atoms with van der Waals surface area (Å²) in [5, 5.41) is 2.43. The third-order valence-corrected chi connectivity index (χ3v) is 10.1. The molecule has 1 aromatic carbocycles. The molecule has 7 nitrogen and oxygen atoms in total. The molecule has 37 heavy (non-hydrogen) atoms. The monoisotopic (exact) mass is 572 g/mol. The first kappa shape index (κ1) is 28.9. The van der Waals surface area contributed by atoms with Crippen LogP contribution in [-0.2, 0) is 32.0 Å². The zero-order valence-electron chi connectivity index (χ0n) is 19.6. The zero-order chi connectivity index (χ0) is 28.2. The minimum Gasteiger partial charge on any atom is -0.348 e. The molecule has 204 valence electrons. The van der Waals surface area contributed by atoms with Crippen molar-refractivity contribution in [2.45, 2.75) is 59.6 Å². The van der Waals surface area contributed by atoms with Crippen LogP contribution in [0.1, 0.15) is 48.3 Å². The van der Waals surface area contributed by atoms with E-state index in [1.807, 2.05) is 0 Å². The highest BCUT2D eigenvalue weighted by Crippen LogP contribution is 2.44. The van der Waals surface area contributed by atoms with Crippen molar-refractivity contribution in [3.63, 3.8) is 0 Å². The number of benzene rings is 1. The molecule has 2 aromatic rings. The van der Waals surface area contributed by atoms with Crippen LogP contribution in [0, 0.1) is 5.92 Å². The molecule has 1 aliphatic rings. The van der Waals surface area contributed by atoms with Gasteiger partial charge in [0.25, 0.3) is 5.91 Å². The minimum absolute atomic E-state index is 0.0752. The van der Waals surface area contributed by atoms with E-state index >= 15 is 0 Å². The molecular formula is C22H22F6N2O5S2. The number of alkyl halides is 6. The first-order valence-corrected chi connectivity index (χ1v) is 14.0. The molecule has 1 heterocycles. The van der Waals surface area contributed by atoms with E-state index in [1.54, 1.807) is 0 Å². The highest BCUT2D eigenvalue weighted by atomic mass is 32.2. The summed E-state index contributed by atoms with van der Waals surface area (Å²) in [6, 6.07) is 3.01. The van der Waals surface area contributed by atoms with Gasteiger partial charge in [-0.3, -0.25) is 4.79 Å². The van der Waals surface area contributed by atoms with Crippen LogP contribution in [0.15, 0.2) is 46.3 Å². The molecule has 1 fully saturated rings. The van der Waals surface area contributed by atoms with Gasteiger partial charge in [-0.1, -0.05) is 6.07 Å². The predicted octanol–water partition coefficient (Wildman–Crippen LogP) is 4.28. The van der Waals surface area contributed by atoms with Gasteiger partial charge in [-0.25, -0.2) is 21.8 Å². The van der Waals surface area contributed by atoms with E-state index in [0.29, 0.717) is 24.6 Å². The van der Waals surface area contributed by atoms with Gasteiger partial charge in [0.05, 0.1) is 25.7 Å². The molecule has 1 N–H and O–H groups in total. The number of hydrogen-bond acceptors (Lipinski definition) is 6. The van der Waals surface area contributed by atoms with Gasteiger partial charge in [-0.15, -0.1) is 0 Å². The maximum Gasteiger partial charge on any atom is 0.417 e. The number of hydrogen-bond donors (Lipinski definition) is 1. The number of aromatic nitrogens is 1. The van der Waals surface area contributed by atoms with Gasteiger partial charge >= 0.3 is 12.4 Å². The second-order valence-corrected chi connectivity index (χ2v) is 13.8. The lowest BCUT2D eigenvalue weighted by Gasteiger charge is -2.44. The van der Waals surface area contributed by atoms with Crippen molar-refractivity contribution in [1.29, 1.82) is 0 Å². The summed E-state index contributed by atoms with van der Waals surface area (Å²) in [5.41, 5.74) is -3.21. The van der Waals surface area contributed by atoms with Gasteiger partial charge in [-0.2, -0.15) is 26.3 Å². The van der Waals surface area contributed by atoms with Gasteiger partial charge in [0, 0.05) is 18.5 Å². The predicted molar refractivity (Wildman–Crippen MR) is 119 cm³/mol. The molecule has 0 saturated heterocycles. The van der Waals surface area contributed by atoms with E-state index in [9.17, 15) is 48.0 Å². The second kappa shape index (κ2) is 9.26. The van der Waals surface area contributed by atoms with Crippen LogP contribution in [0.2, 0.25) is 0 Å². The van der Waals surface area contributed by atoms with E-state index in [2.05, 4.69) is 10.3 Å². The van der Waals surface area contributed by atoms with Crippen LogP contribution in [0.3, 0.4) is 0 Å². The Morgan fingerprint density at radius 2 is 1.51 bits per heavy atom. The number of carbonyl (C=O) groups excluding carboxylic acids is 1. The standard InChI is InChI=1S/C22H22F6N2O5S2/c1-20(2,37(34,35)16-6-4-5-12(9-16)21(23,24)25)13-7-15(8-13)30-19(31)18-17(36(3,32)33)10-14(11-29-18)22(26,27)28/h4-6,9-11,13,15H,7-8H2,1-3H3,(H,30,31)/t13-,15+. The van der Waals surface area contributed by atoms with Crippen LogP contribution in [0.4, 0.5) is 26.3 Å². The lowest BCUT2D eigenvalue weighted by Crippen LogP contribution is -2.53. The highest BCUT2D eigenvalue weighted by Gasteiger charge is 2.49. The van der Waals surface area contributed by atoms with E-state index < -0.39 is 81.3 Å². The molecule has 1 aromatic heterocycles. The highest BCUT2D eigenvalue weighted by molar-refractivity contribution is 7.92. The van der Waals surface area contributed by atoms with Gasteiger partial charge < -0.3 is 5.32 Å². The van der Waals surface area contributed by atoms with E-state index in [4.69, 9.17) is 0 Å². The fourth-order valence-corrected chi connectivity index (χ4v) is 6.59. The van der Waals surface area contributed by atoms with Gasteiger partial charge in [0.15, 0.2) is 19.7 Å². The molecule has 0 radical (unpaired) electrons. The normalized spacial score (nSPS) is 19.3. The number of sulfone groups is 2. The molecule has 0 atom stereocenters. The second-order valence-electron chi connectivity index (χ2n) is 9.31. The molecule has 0 unspecified atom stereocenters. The van der Waals surface area contributed by atoms with Gasteiger partial charge in [0.1, 0.15) is 5.69 Å². The molecule has 0 spiro atoms. The van der Waals surface area contributed by atoms with E-state index in [1.165, 1.54) is 13.8 Å². The van der Waals surface area contributed by atoms with Crippen LogP contribution in [0.25, 0.3) is 0 Å². The lowest BCUT2D eigenvalue weighted by molar-refractivity contribution is -0.138. The van der Waals surface area contributed by atoms with Crippen LogP contribution < -0.4 is 5.32 Å². The van der Waals surface area contributed by atoms with Crippen LogP contribution in [0.5, 0.6) is 0 Å². The third-order valence-electron chi connectivity index (χ3n) is 6.42. The fourth-order valence-electron chi connectivity index (χ4n) is 3.97. The Kier molecular flexibility index (Phi) is 7.23. The average molecular weight is 573 g/mol. The number of halogens is 6. The van der Waals surface area contributed by atoms with Crippen molar-refractivity contribution in [2.24, 2.45) is 5.92 Å². The summed E-state index contributed by atoms with van der Waals surface area (Å²) < 4.78 is 127. The number of pyridine rings is 1. The Balaban J connectivity index is 1.77. The molecule has 0 aliphatic heterocycles. The number of nitrogens with zero attached hydrogens (tertiary/aromatic N) is 1. The summed E-state index contributed by atoms with van der Waals surface area (Å²) >= 11 is 0. The summed E-state index contributed by atoms with van der Waals surface area (Å²) in [6.45, 7) is 2.70. The van der Waals surface area contributed by atoms with Gasteiger partial charge in [0.2, 0.25) is 0 Å². The number of amides is 1. The smallest absolute Gasteiger partial charge is 0.348 e. The van der Waals surface area contributed by atoms with Crippen molar-refractivity contribution in [2.75, 3.05) is 6.26 Å². The molecule has 1 aliphatic carbocycles. The Hall–Kier alpha value is -2.68. The maximum absolute atomic E-state index is 13.2. The van der Waals surface area contributed by atoms with E-state index in [0.717, 1.165) is 18.2 Å². The Morgan fingerprint density at radius 3 is 2.03 bits per heavy atom. The van der Waals surface area contributed by atoms with Crippen molar-refractivity contribution in [3.8, 4) is 0 Å². The van der Waals surface area contributed by atoms with Crippen LogP contribution in [-0.4, -0.2) is 44.8 Å². The molecule has 0 bridgehead atoms. The fraction of sp³-hybridized carbons (Fsp3) is 0.455. The summed E-state index contributed by atoms with van der Waals surface area (Å²) in [6.07, 6.45) is -8.52. The zero-order valence-corrected chi connectivity index (χ0v) is 21.2. The largest absolute Gasteiger partial charge is 0.417 e. The van der Waals surface area contributed by atoms with Crippen molar-refractivity contribution in [3.05, 3.63) is 53.3 Å². The van der Waals surface area contributed by atoms with Crippen LogP contribution >= 0.6 is 0 Å². The molecule has 1 saturated carbocycles. The number of nitrogens with one attached hydrogen (secondary N) is 1. The Morgan fingerprint density at radius 1 is 0.946 bits per heavy atom. The molecule has 15 heteroatoms. The minimum atomic E-state index is -4.89. The first-order valence-electron chi connectivity index (χ1n) is 10.7. The maximum atomic E-state index is 13.2. The third kappa shape index (κ3) is 5.76. The summed E-state index contributed by atoms with van der Waals surface area (Å²) in [5.74, 6) is -1.65. The van der Waals surface area contributed by atoms with E-state index in [-0.39, 0.29) is 12.8 Å². The van der Waals surface area contributed by atoms with Crippen molar-refractivity contribution in [1.82, 2.24) is 10.3 Å². The molecular weight excluding hydrogens is 550 g/mol. The molecule has 1 amide bonds. The topological polar surface area (TPSA) is 110 Å². The Labute approximate surface area is 209 Å².